The number of nitrogens with zero attached hydrogens (tertiary/aromatic N) is 1. The maximum Gasteiger partial charge on any atom is 0.257 e. The van der Waals surface area contributed by atoms with Gasteiger partial charge in [-0.3, -0.25) is 9.89 Å². The van der Waals surface area contributed by atoms with Crippen LogP contribution in [-0.2, 0) is 6.42 Å². The van der Waals surface area contributed by atoms with Crippen molar-refractivity contribution in [2.75, 3.05) is 5.32 Å². The van der Waals surface area contributed by atoms with Gasteiger partial charge in [0.2, 0.25) is 0 Å². The molecule has 0 saturated heterocycles. The summed E-state index contributed by atoms with van der Waals surface area (Å²) in [6, 6.07) is 5.57. The molecule has 18 heavy (non-hydrogen) atoms. The molecule has 2 N–H and O–H groups in total. The van der Waals surface area contributed by atoms with E-state index in [1.165, 1.54) is 0 Å². The number of aromatic amines is 1. The Hall–Kier alpha value is -1.62. The topological polar surface area (TPSA) is 57.8 Å². The van der Waals surface area contributed by atoms with Crippen LogP contribution in [0.15, 0.2) is 28.9 Å². The molecule has 0 aliphatic carbocycles. The van der Waals surface area contributed by atoms with Gasteiger partial charge >= 0.3 is 0 Å². The van der Waals surface area contributed by atoms with E-state index in [1.807, 2.05) is 26.0 Å². The average Bonchev–Trinajstić information content (AvgIpc) is 2.79. The summed E-state index contributed by atoms with van der Waals surface area (Å²) in [4.78, 5) is 12.2. The fourth-order valence-corrected chi connectivity index (χ4v) is 2.09. The van der Waals surface area contributed by atoms with Crippen molar-refractivity contribution in [3.05, 3.63) is 45.6 Å². The van der Waals surface area contributed by atoms with E-state index in [4.69, 9.17) is 0 Å². The van der Waals surface area contributed by atoms with E-state index >= 15 is 0 Å². The quantitative estimate of drug-likeness (QED) is 0.914. The van der Waals surface area contributed by atoms with Crippen LogP contribution in [0.4, 0.5) is 5.82 Å². The van der Waals surface area contributed by atoms with Crippen LogP contribution in [0, 0.1) is 6.92 Å². The maximum absolute atomic E-state index is 12.2. The Bertz CT molecular complexity index is 577. The first-order valence-electron chi connectivity index (χ1n) is 5.72. The number of aryl methyl sites for hydroxylation is 1. The minimum Gasteiger partial charge on any atom is -0.307 e. The van der Waals surface area contributed by atoms with Gasteiger partial charge in [0, 0.05) is 15.6 Å². The number of amides is 1. The average molecular weight is 308 g/mol. The molecule has 4 nitrogen and oxygen atoms in total. The van der Waals surface area contributed by atoms with Crippen LogP contribution in [0.1, 0.15) is 28.4 Å². The molecular weight excluding hydrogens is 294 g/mol. The first-order chi connectivity index (χ1) is 8.63. The molecule has 1 aromatic carbocycles. The van der Waals surface area contributed by atoms with E-state index < -0.39 is 0 Å². The summed E-state index contributed by atoms with van der Waals surface area (Å²) < 4.78 is 0.926. The third-order valence-electron chi connectivity index (χ3n) is 2.85. The van der Waals surface area contributed by atoms with Gasteiger partial charge in [0.25, 0.3) is 5.91 Å². The van der Waals surface area contributed by atoms with Crippen molar-refractivity contribution in [2.24, 2.45) is 0 Å². The van der Waals surface area contributed by atoms with Crippen molar-refractivity contribution in [2.45, 2.75) is 20.3 Å². The van der Waals surface area contributed by atoms with Crippen molar-refractivity contribution in [3.63, 3.8) is 0 Å². The Morgan fingerprint density at radius 2 is 2.28 bits per heavy atom. The Labute approximate surface area is 114 Å². The molecule has 2 rings (SSSR count). The van der Waals surface area contributed by atoms with Crippen molar-refractivity contribution in [1.82, 2.24) is 10.2 Å². The molecule has 1 amide bonds. The highest BCUT2D eigenvalue weighted by molar-refractivity contribution is 9.10. The van der Waals surface area contributed by atoms with Crippen LogP contribution in [0.2, 0.25) is 0 Å². The second kappa shape index (κ2) is 5.35. The Morgan fingerprint density at radius 3 is 3.00 bits per heavy atom. The number of rotatable bonds is 3. The highest BCUT2D eigenvalue weighted by atomic mass is 79.9. The number of H-pyrrole nitrogens is 1. The zero-order chi connectivity index (χ0) is 13.1. The molecule has 0 aliphatic heterocycles. The van der Waals surface area contributed by atoms with Gasteiger partial charge in [-0.2, -0.15) is 5.10 Å². The van der Waals surface area contributed by atoms with Crippen molar-refractivity contribution >= 4 is 27.7 Å². The van der Waals surface area contributed by atoms with Gasteiger partial charge in [0.15, 0.2) is 0 Å². The lowest BCUT2D eigenvalue weighted by Gasteiger charge is -2.08. The van der Waals surface area contributed by atoms with Crippen LogP contribution in [0.5, 0.6) is 0 Å². The van der Waals surface area contributed by atoms with Crippen molar-refractivity contribution < 1.29 is 4.79 Å². The van der Waals surface area contributed by atoms with Gasteiger partial charge in [-0.15, -0.1) is 0 Å². The van der Waals surface area contributed by atoms with Gasteiger partial charge in [-0.25, -0.2) is 0 Å². The predicted octanol–water partition coefficient (Wildman–Crippen LogP) is 3.30. The molecule has 0 spiro atoms. The molecule has 94 valence electrons. The highest BCUT2D eigenvalue weighted by Crippen LogP contribution is 2.21. The van der Waals surface area contributed by atoms with Crippen molar-refractivity contribution in [1.29, 1.82) is 0 Å². The van der Waals surface area contributed by atoms with Gasteiger partial charge < -0.3 is 5.32 Å². The maximum atomic E-state index is 12.2. The van der Waals surface area contributed by atoms with E-state index in [9.17, 15) is 4.79 Å². The number of carbonyl (C=O) groups excluding carboxylic acids is 1. The summed E-state index contributed by atoms with van der Waals surface area (Å²) >= 11 is 3.42. The summed E-state index contributed by atoms with van der Waals surface area (Å²) in [5.74, 6) is 0.537. The number of halogens is 1. The molecule has 0 aliphatic rings. The first kappa shape index (κ1) is 12.8. The monoisotopic (exact) mass is 307 g/mol. The number of hydrogen-bond donors (Lipinski definition) is 2. The SMILES string of the molecule is CCc1cn[nH]c1NC(=O)c1cccc(Br)c1C. The summed E-state index contributed by atoms with van der Waals surface area (Å²) in [6.45, 7) is 3.93. The van der Waals surface area contributed by atoms with Crippen LogP contribution in [0.25, 0.3) is 0 Å². The van der Waals surface area contributed by atoms with Gasteiger partial charge in [-0.1, -0.05) is 28.9 Å². The highest BCUT2D eigenvalue weighted by Gasteiger charge is 2.13. The zero-order valence-electron chi connectivity index (χ0n) is 10.2. The second-order valence-electron chi connectivity index (χ2n) is 3.99. The summed E-state index contributed by atoms with van der Waals surface area (Å²) in [7, 11) is 0. The zero-order valence-corrected chi connectivity index (χ0v) is 11.8. The van der Waals surface area contributed by atoms with Gasteiger partial charge in [0.1, 0.15) is 5.82 Å². The fraction of sp³-hybridized carbons (Fsp3) is 0.231. The normalized spacial score (nSPS) is 10.4. The van der Waals surface area contributed by atoms with Gasteiger partial charge in [-0.05, 0) is 31.0 Å². The third kappa shape index (κ3) is 2.46. The van der Waals surface area contributed by atoms with E-state index in [0.717, 1.165) is 22.0 Å². The molecule has 0 atom stereocenters. The van der Waals surface area contributed by atoms with Gasteiger partial charge in [0.05, 0.1) is 6.20 Å². The lowest BCUT2D eigenvalue weighted by Crippen LogP contribution is -2.14. The number of nitrogens with one attached hydrogen (secondary N) is 2. The van der Waals surface area contributed by atoms with Crippen molar-refractivity contribution in [3.8, 4) is 0 Å². The Balaban J connectivity index is 2.25. The smallest absolute Gasteiger partial charge is 0.257 e. The molecule has 5 heteroatoms. The standard InChI is InChI=1S/C13H14BrN3O/c1-3-9-7-15-17-12(9)16-13(18)10-5-4-6-11(14)8(10)2/h4-7H,3H2,1-2H3,(H2,15,16,17,18). The fourth-order valence-electron chi connectivity index (χ4n) is 1.72. The molecule has 0 bridgehead atoms. The molecule has 1 heterocycles. The molecule has 0 unspecified atom stereocenters. The third-order valence-corrected chi connectivity index (χ3v) is 3.71. The van der Waals surface area contributed by atoms with E-state index in [-0.39, 0.29) is 5.91 Å². The molecule has 0 radical (unpaired) electrons. The number of carbonyl (C=O) groups is 1. The lowest BCUT2D eigenvalue weighted by atomic mass is 10.1. The molecule has 0 saturated carbocycles. The van der Waals surface area contributed by atoms with E-state index in [1.54, 1.807) is 12.3 Å². The number of aromatic nitrogens is 2. The van der Waals surface area contributed by atoms with Crippen LogP contribution in [0.3, 0.4) is 0 Å². The largest absolute Gasteiger partial charge is 0.307 e. The summed E-state index contributed by atoms with van der Waals surface area (Å²) in [5, 5.41) is 9.58. The first-order valence-corrected chi connectivity index (χ1v) is 6.51. The summed E-state index contributed by atoms with van der Waals surface area (Å²) in [6.07, 6.45) is 2.55. The molecule has 1 aromatic heterocycles. The number of anilines is 1. The second-order valence-corrected chi connectivity index (χ2v) is 4.84. The Kier molecular flexibility index (Phi) is 3.81. The molecule has 2 aromatic rings. The number of benzene rings is 1. The Morgan fingerprint density at radius 1 is 1.50 bits per heavy atom. The van der Waals surface area contributed by atoms with E-state index in [2.05, 4.69) is 31.4 Å². The minimum atomic E-state index is -0.132. The van der Waals surface area contributed by atoms with Crippen LogP contribution >= 0.6 is 15.9 Å². The minimum absolute atomic E-state index is 0.132. The number of hydrogen-bond acceptors (Lipinski definition) is 2. The van der Waals surface area contributed by atoms with E-state index in [0.29, 0.717) is 11.4 Å². The molecule has 0 fully saturated rings. The van der Waals surface area contributed by atoms with Crippen LogP contribution in [-0.4, -0.2) is 16.1 Å². The lowest BCUT2D eigenvalue weighted by molar-refractivity contribution is 0.102. The molecular formula is C13H14BrN3O. The predicted molar refractivity (Wildman–Crippen MR) is 74.8 cm³/mol. The summed E-state index contributed by atoms with van der Waals surface area (Å²) in [5.41, 5.74) is 2.57. The van der Waals surface area contributed by atoms with Crippen LogP contribution < -0.4 is 5.32 Å².